The monoisotopic (exact) mass is 1740 g/mol. The van der Waals surface area contributed by atoms with Gasteiger partial charge in [-0.05, 0) is 203 Å². The quantitative estimate of drug-likeness (QED) is 0.0973. The summed E-state index contributed by atoms with van der Waals surface area (Å²) in [5.74, 6) is 0.791. The Morgan fingerprint density at radius 2 is 0.581 bits per heavy atom. The van der Waals surface area contributed by atoms with E-state index < -0.39 is 11.0 Å². The Kier molecular flexibility index (Phi) is 25.1. The number of hydrogen-bond donors (Lipinski definition) is 0. The summed E-state index contributed by atoms with van der Waals surface area (Å²) in [5.41, 5.74) is 22.7. The third-order valence-corrected chi connectivity index (χ3v) is 25.3. The highest BCUT2D eigenvalue weighted by molar-refractivity contribution is 6.32. The first kappa shape index (κ1) is 84.6. The van der Waals surface area contributed by atoms with Gasteiger partial charge in [-0.25, -0.2) is 4.79 Å². The van der Waals surface area contributed by atoms with Crippen molar-refractivity contribution in [2.24, 2.45) is 0 Å². The van der Waals surface area contributed by atoms with Gasteiger partial charge in [0, 0.05) is 84.6 Å². The van der Waals surface area contributed by atoms with Gasteiger partial charge in [0.05, 0.1) is 43.9 Å². The molecule has 0 saturated carbocycles. The lowest BCUT2D eigenvalue weighted by molar-refractivity contribution is -0.384. The maximum Gasteiger partial charge on any atom is 0.420 e. The molecule has 16 heteroatoms. The molecule has 4 heterocycles. The lowest BCUT2D eigenvalue weighted by atomic mass is 9.83. The number of halogens is 3. The van der Waals surface area contributed by atoms with E-state index in [1.165, 1.54) is 41.0 Å². The van der Waals surface area contributed by atoms with Crippen molar-refractivity contribution < 1.29 is 33.6 Å². The lowest BCUT2D eigenvalue weighted by Gasteiger charge is -2.25. The van der Waals surface area contributed by atoms with E-state index in [4.69, 9.17) is 44.3 Å². The van der Waals surface area contributed by atoms with E-state index in [9.17, 15) is 29.3 Å². The van der Waals surface area contributed by atoms with Crippen LogP contribution in [0.3, 0.4) is 0 Å². The molecule has 129 heavy (non-hydrogen) atoms. The molecule has 4 aliphatic rings. The van der Waals surface area contributed by atoms with Crippen LogP contribution in [0.4, 0.5) is 33.2 Å². The van der Waals surface area contributed by atoms with Crippen molar-refractivity contribution >= 4 is 97.8 Å². The highest BCUT2D eigenvalue weighted by Crippen LogP contribution is 2.50. The molecule has 0 fully saturated rings. The highest BCUT2D eigenvalue weighted by atomic mass is 35.5. The minimum Gasteiger partial charge on any atom is -0.497 e. The fourth-order valence-electron chi connectivity index (χ4n) is 18.2. The number of methoxy groups -OCH3 is 1. The summed E-state index contributed by atoms with van der Waals surface area (Å²) in [5, 5.41) is 15.3. The number of nitro groups is 1. The SMILES string of the molecule is COc1ccc(C(=O)N2Cc3ccccc3C(c3ccccc3Cl)c3ccccc32)cc1.O=C(Oc1ccccc1)N1Cc2ccccc2C(c2ccccc2Cl)c2ccccc21.O=C(c1ccc([N+](=O)[O-])cc1)N1Cc2ccccc2C(c2ccccc2Cl)c2ccccc21.O=C(c1ccc2ccccc2c1)N1Cc2ccccc2C(c2ccccc2)c2ccccc21. The fraction of sp³-hybridized carbons (Fsp3) is 0.0796. The van der Waals surface area contributed by atoms with Gasteiger partial charge >= 0.3 is 6.09 Å². The van der Waals surface area contributed by atoms with Crippen molar-refractivity contribution in [2.45, 2.75) is 49.9 Å². The second-order valence-corrected chi connectivity index (χ2v) is 33.0. The maximum atomic E-state index is 13.9. The summed E-state index contributed by atoms with van der Waals surface area (Å²) in [4.78, 5) is 72.4. The average molecular weight is 1750 g/mol. The number of ether oxygens (including phenoxy) is 2. The van der Waals surface area contributed by atoms with Crippen LogP contribution < -0.4 is 29.1 Å². The van der Waals surface area contributed by atoms with Gasteiger partial charge in [-0.2, -0.15) is 0 Å². The number of nitro benzene ring substituents is 1. The van der Waals surface area contributed by atoms with Gasteiger partial charge in [-0.15, -0.1) is 0 Å². The summed E-state index contributed by atoms with van der Waals surface area (Å²) >= 11 is 20.0. The molecule has 0 spiro atoms. The fourth-order valence-corrected chi connectivity index (χ4v) is 18.9. The summed E-state index contributed by atoms with van der Waals surface area (Å²) in [6, 6.07) is 136. The van der Waals surface area contributed by atoms with Gasteiger partial charge in [0.1, 0.15) is 11.5 Å². The molecule has 0 N–H and O–H groups in total. The van der Waals surface area contributed by atoms with E-state index >= 15 is 0 Å². The van der Waals surface area contributed by atoms with Crippen LogP contribution >= 0.6 is 34.8 Å². The number of benzene rings is 17. The number of non-ortho nitro benzene ring substituents is 1. The predicted molar refractivity (Wildman–Crippen MR) is 516 cm³/mol. The molecule has 4 aliphatic heterocycles. The Hall–Kier alpha value is -15.3. The second-order valence-electron chi connectivity index (χ2n) is 31.8. The standard InChI is InChI=1S/C31H23NO.C28H22ClNO2.C27H19ClN2O3.C27H20ClNO2/c33-31(25-19-18-22-10-4-5-13-24(22)20-25)32-21-26-14-6-7-15-27(26)30(23-11-2-1-3-12-23)28-16-8-9-17-29(28)32;1-32-21-16-14-19(15-17-21)28(31)30-18-20-8-2-3-9-22(20)27(23-10-4-6-12-25(23)29)24-11-5-7-13-26(24)30;28-24-11-5-3-9-22(24)26-21-8-2-1-7-19(21)17-29(25-12-6-4-10-23(25)26)27(31)18-13-15-20(16-14-18)30(32)33;28-24-16-8-6-14-22(24)26-21-13-5-4-10-19(21)18-29(25-17-9-7-15-23(25)26)27(30)31-20-11-2-1-3-12-20/h1-20,30H,21H2;2-17,27H,18H2,1H3;1-16,26H,17H2;1-17,26H,18H2. The van der Waals surface area contributed by atoms with Crippen LogP contribution in [-0.4, -0.2) is 35.8 Å². The molecule has 21 rings (SSSR count). The van der Waals surface area contributed by atoms with Gasteiger partial charge < -0.3 is 24.2 Å². The van der Waals surface area contributed by atoms with E-state index in [2.05, 4.69) is 133 Å². The van der Waals surface area contributed by atoms with Crippen molar-refractivity contribution in [3.8, 4) is 11.5 Å². The molecule has 0 bridgehead atoms. The van der Waals surface area contributed by atoms with Crippen molar-refractivity contribution in [3.05, 3.63) is 549 Å². The maximum absolute atomic E-state index is 13.9. The average Bonchev–Trinajstić information content (AvgIpc) is 1.65. The third-order valence-electron chi connectivity index (χ3n) is 24.3. The molecule has 4 amide bonds. The van der Waals surface area contributed by atoms with Crippen LogP contribution in [0.1, 0.15) is 144 Å². The third kappa shape index (κ3) is 17.7. The molecule has 17 aromatic rings. The number of anilines is 4. The van der Waals surface area contributed by atoms with Crippen molar-refractivity contribution in [1.82, 2.24) is 0 Å². The predicted octanol–water partition coefficient (Wildman–Crippen LogP) is 27.5. The molecule has 4 atom stereocenters. The first-order valence-corrected chi connectivity index (χ1v) is 43.7. The molecule has 0 aromatic heterocycles. The van der Waals surface area contributed by atoms with Gasteiger partial charge in [-0.1, -0.05) is 338 Å². The molecule has 13 nitrogen and oxygen atoms in total. The van der Waals surface area contributed by atoms with Gasteiger partial charge in [-0.3, -0.25) is 29.4 Å². The molecule has 630 valence electrons. The molecule has 17 aromatic carbocycles. The first-order valence-electron chi connectivity index (χ1n) is 42.6. The zero-order valence-electron chi connectivity index (χ0n) is 70.1. The van der Waals surface area contributed by atoms with E-state index in [1.807, 2.05) is 259 Å². The smallest absolute Gasteiger partial charge is 0.420 e. The van der Waals surface area contributed by atoms with Crippen LogP contribution in [0.2, 0.25) is 15.1 Å². The second kappa shape index (κ2) is 38.3. The summed E-state index contributed by atoms with van der Waals surface area (Å²) in [7, 11) is 1.62. The van der Waals surface area contributed by atoms with Crippen molar-refractivity contribution in [3.63, 3.8) is 0 Å². The zero-order chi connectivity index (χ0) is 88.4. The number of nitrogens with zero attached hydrogens (tertiary/aromatic N) is 5. The Morgan fingerprint density at radius 1 is 0.287 bits per heavy atom. The Labute approximate surface area is 763 Å². The summed E-state index contributed by atoms with van der Waals surface area (Å²) in [6.07, 6.45) is -0.409. The Balaban J connectivity index is 0.000000116. The number of carbonyl (C=O) groups excluding carboxylic acids is 4. The van der Waals surface area contributed by atoms with E-state index in [1.54, 1.807) is 29.0 Å². The Bertz CT molecular complexity index is 7040. The van der Waals surface area contributed by atoms with Gasteiger partial charge in [0.15, 0.2) is 0 Å². The number of rotatable bonds is 10. The molecule has 4 unspecified atom stereocenters. The normalized spacial score (nSPS) is 14.8. The number of carbonyl (C=O) groups is 4. The first-order chi connectivity index (χ1) is 63.2. The lowest BCUT2D eigenvalue weighted by Crippen LogP contribution is -2.33. The topological polar surface area (TPSA) is 143 Å². The molecule has 0 radical (unpaired) electrons. The summed E-state index contributed by atoms with van der Waals surface area (Å²) in [6.45, 7) is 1.82. The highest BCUT2D eigenvalue weighted by Gasteiger charge is 2.38. The molecule has 0 saturated heterocycles. The number of amides is 4. The molecular weight excluding hydrogens is 1660 g/mol. The van der Waals surface area contributed by atoms with Gasteiger partial charge in [0.2, 0.25) is 0 Å². The van der Waals surface area contributed by atoms with Crippen molar-refractivity contribution in [1.29, 1.82) is 0 Å². The van der Waals surface area contributed by atoms with Crippen molar-refractivity contribution in [2.75, 3.05) is 26.7 Å². The van der Waals surface area contributed by atoms with E-state index in [0.29, 0.717) is 58.7 Å². The number of para-hydroxylation sites is 5. The largest absolute Gasteiger partial charge is 0.497 e. The van der Waals surface area contributed by atoms with Crippen LogP contribution in [0.15, 0.2) is 419 Å². The van der Waals surface area contributed by atoms with E-state index in [0.717, 1.165) is 117 Å². The van der Waals surface area contributed by atoms with Crippen LogP contribution in [0.25, 0.3) is 10.8 Å². The Morgan fingerprint density at radius 3 is 0.977 bits per heavy atom. The van der Waals surface area contributed by atoms with Crippen LogP contribution in [-0.2, 0) is 26.2 Å². The zero-order valence-corrected chi connectivity index (χ0v) is 72.4. The summed E-state index contributed by atoms with van der Waals surface area (Å²) < 4.78 is 11.0. The molecular formula is C113H84Cl3N5O8. The van der Waals surface area contributed by atoms with Crippen LogP contribution in [0, 0.1) is 10.1 Å². The van der Waals surface area contributed by atoms with Gasteiger partial charge in [0.25, 0.3) is 23.4 Å². The van der Waals surface area contributed by atoms with E-state index in [-0.39, 0.29) is 47.1 Å². The number of fused-ring (bicyclic) bond motifs is 9. The minimum atomic E-state index is -0.472. The number of hydrogen-bond acceptors (Lipinski definition) is 8. The molecule has 0 aliphatic carbocycles. The minimum absolute atomic E-state index is 0.0247. The van der Waals surface area contributed by atoms with Crippen LogP contribution in [0.5, 0.6) is 11.5 Å².